The monoisotopic (exact) mass is 356 g/mol. The van der Waals surface area contributed by atoms with E-state index in [0.717, 1.165) is 10.0 Å². The smallest absolute Gasteiger partial charge is 0.180 e. The topological polar surface area (TPSA) is 38.7 Å². The number of hydrogen-bond donors (Lipinski definition) is 1. The largest absolute Gasteiger partial charge is 0.493 e. The minimum atomic E-state index is -0.0966. The molecule has 2 aromatic carbocycles. The highest BCUT2D eigenvalue weighted by Gasteiger charge is 2.12. The predicted molar refractivity (Wildman–Crippen MR) is 82.4 cm³/mol. The molecule has 2 rings (SSSR count). The number of methoxy groups -OCH3 is 1. The number of aliphatic hydroxyl groups is 1. The van der Waals surface area contributed by atoms with Crippen LogP contribution in [0.25, 0.3) is 0 Å². The van der Waals surface area contributed by atoms with Gasteiger partial charge in [0.25, 0.3) is 0 Å². The third-order valence-corrected chi connectivity index (χ3v) is 3.86. The molecule has 0 heterocycles. The molecule has 0 saturated heterocycles. The molecule has 1 N–H and O–H groups in total. The number of halogens is 2. The Morgan fingerprint density at radius 2 is 2.00 bits per heavy atom. The lowest BCUT2D eigenvalue weighted by atomic mass is 10.2. The van der Waals surface area contributed by atoms with Crippen LogP contribution in [0.1, 0.15) is 11.1 Å². The lowest BCUT2D eigenvalue weighted by Crippen LogP contribution is -2.00. The molecule has 0 aliphatic rings. The van der Waals surface area contributed by atoms with Crippen LogP contribution < -0.4 is 9.47 Å². The zero-order valence-corrected chi connectivity index (χ0v) is 13.2. The first kappa shape index (κ1) is 15.2. The SMILES string of the molecule is COc1cc(CO)cc(Cl)c1OCc1ccccc1Br. The van der Waals surface area contributed by atoms with Gasteiger partial charge in [-0.3, -0.25) is 0 Å². The molecule has 5 heteroatoms. The van der Waals surface area contributed by atoms with Crippen molar-refractivity contribution in [1.82, 2.24) is 0 Å². The van der Waals surface area contributed by atoms with Crippen molar-refractivity contribution in [3.05, 3.63) is 57.0 Å². The summed E-state index contributed by atoms with van der Waals surface area (Å²) in [6.07, 6.45) is 0. The number of ether oxygens (including phenoxy) is 2. The van der Waals surface area contributed by atoms with Crippen molar-refractivity contribution >= 4 is 27.5 Å². The van der Waals surface area contributed by atoms with E-state index in [0.29, 0.717) is 28.7 Å². The van der Waals surface area contributed by atoms with Gasteiger partial charge in [0.2, 0.25) is 0 Å². The number of hydrogen-bond acceptors (Lipinski definition) is 3. The molecule has 20 heavy (non-hydrogen) atoms. The first-order chi connectivity index (χ1) is 9.65. The Morgan fingerprint density at radius 1 is 1.25 bits per heavy atom. The average molecular weight is 358 g/mol. The van der Waals surface area contributed by atoms with Crippen molar-refractivity contribution in [3.63, 3.8) is 0 Å². The van der Waals surface area contributed by atoms with Gasteiger partial charge in [0, 0.05) is 10.0 Å². The summed E-state index contributed by atoms with van der Waals surface area (Å²) in [6.45, 7) is 0.274. The van der Waals surface area contributed by atoms with Gasteiger partial charge in [0.15, 0.2) is 11.5 Å². The minimum Gasteiger partial charge on any atom is -0.493 e. The Morgan fingerprint density at radius 3 is 2.65 bits per heavy atom. The molecule has 0 radical (unpaired) electrons. The molecule has 0 amide bonds. The molecule has 0 aliphatic carbocycles. The third-order valence-electron chi connectivity index (χ3n) is 2.80. The zero-order chi connectivity index (χ0) is 14.5. The van der Waals surface area contributed by atoms with Crippen LogP contribution in [0.3, 0.4) is 0 Å². The van der Waals surface area contributed by atoms with Gasteiger partial charge in [0.1, 0.15) is 6.61 Å². The molecule has 0 aromatic heterocycles. The van der Waals surface area contributed by atoms with E-state index >= 15 is 0 Å². The first-order valence-electron chi connectivity index (χ1n) is 5.99. The Kier molecular flexibility index (Phi) is 5.29. The fraction of sp³-hybridized carbons (Fsp3) is 0.200. The van der Waals surface area contributed by atoms with E-state index in [4.69, 9.17) is 26.2 Å². The van der Waals surface area contributed by atoms with Crippen LogP contribution in [0.2, 0.25) is 5.02 Å². The van der Waals surface area contributed by atoms with Crippen molar-refractivity contribution in [2.45, 2.75) is 13.2 Å². The molecule has 106 valence electrons. The van der Waals surface area contributed by atoms with Gasteiger partial charge in [-0.1, -0.05) is 45.7 Å². The third kappa shape index (κ3) is 3.45. The summed E-state index contributed by atoms with van der Waals surface area (Å²) in [5, 5.41) is 9.57. The van der Waals surface area contributed by atoms with Gasteiger partial charge in [-0.05, 0) is 23.8 Å². The summed E-state index contributed by atoms with van der Waals surface area (Å²) in [6, 6.07) is 11.2. The van der Waals surface area contributed by atoms with Crippen LogP contribution in [-0.4, -0.2) is 12.2 Å². The van der Waals surface area contributed by atoms with Crippen LogP contribution in [0.15, 0.2) is 40.9 Å². The Hall–Kier alpha value is -1.23. The van der Waals surface area contributed by atoms with Crippen molar-refractivity contribution < 1.29 is 14.6 Å². The summed E-state index contributed by atoms with van der Waals surface area (Å²) in [5.74, 6) is 0.982. The van der Waals surface area contributed by atoms with E-state index in [2.05, 4.69) is 15.9 Å². The average Bonchev–Trinajstić information content (AvgIpc) is 2.46. The highest BCUT2D eigenvalue weighted by atomic mass is 79.9. The van der Waals surface area contributed by atoms with Gasteiger partial charge >= 0.3 is 0 Å². The van der Waals surface area contributed by atoms with E-state index in [1.165, 1.54) is 7.11 Å². The zero-order valence-electron chi connectivity index (χ0n) is 10.9. The standard InChI is InChI=1S/C15H14BrClO3/c1-19-14-7-10(8-18)6-13(17)15(14)20-9-11-4-2-3-5-12(11)16/h2-7,18H,8-9H2,1H3. The lowest BCUT2D eigenvalue weighted by molar-refractivity contribution is 0.274. The second kappa shape index (κ2) is 6.97. The molecule has 0 unspecified atom stereocenters. The maximum atomic E-state index is 9.16. The molecular weight excluding hydrogens is 344 g/mol. The Bertz CT molecular complexity index is 602. The van der Waals surface area contributed by atoms with Gasteiger partial charge in [0.05, 0.1) is 18.7 Å². The minimum absolute atomic E-state index is 0.0966. The second-order valence-corrected chi connectivity index (χ2v) is 5.41. The van der Waals surface area contributed by atoms with Gasteiger partial charge < -0.3 is 14.6 Å². The van der Waals surface area contributed by atoms with Crippen molar-refractivity contribution in [1.29, 1.82) is 0 Å². The Labute approximate surface area is 131 Å². The van der Waals surface area contributed by atoms with Gasteiger partial charge in [-0.2, -0.15) is 0 Å². The Balaban J connectivity index is 2.23. The van der Waals surface area contributed by atoms with E-state index in [9.17, 15) is 0 Å². The molecular formula is C15H14BrClO3. The highest BCUT2D eigenvalue weighted by Crippen LogP contribution is 2.37. The summed E-state index contributed by atoms with van der Waals surface area (Å²) in [7, 11) is 1.54. The van der Waals surface area contributed by atoms with Gasteiger partial charge in [-0.15, -0.1) is 0 Å². The van der Waals surface area contributed by atoms with E-state index in [1.807, 2.05) is 24.3 Å². The van der Waals surface area contributed by atoms with Crippen molar-refractivity contribution in [3.8, 4) is 11.5 Å². The molecule has 0 saturated carbocycles. The molecule has 3 nitrogen and oxygen atoms in total. The van der Waals surface area contributed by atoms with Crippen molar-refractivity contribution in [2.75, 3.05) is 7.11 Å². The molecule has 0 fully saturated rings. The fourth-order valence-corrected chi connectivity index (χ4v) is 2.46. The number of benzene rings is 2. The molecule has 0 atom stereocenters. The maximum absolute atomic E-state index is 9.16. The van der Waals surface area contributed by atoms with E-state index in [1.54, 1.807) is 12.1 Å². The van der Waals surface area contributed by atoms with Crippen LogP contribution >= 0.6 is 27.5 Å². The van der Waals surface area contributed by atoms with Crippen LogP contribution in [0, 0.1) is 0 Å². The summed E-state index contributed by atoms with van der Waals surface area (Å²) in [4.78, 5) is 0. The number of rotatable bonds is 5. The quantitative estimate of drug-likeness (QED) is 0.872. The van der Waals surface area contributed by atoms with Crippen LogP contribution in [0.5, 0.6) is 11.5 Å². The summed E-state index contributed by atoms with van der Waals surface area (Å²) < 4.78 is 12.0. The number of aliphatic hydroxyl groups excluding tert-OH is 1. The normalized spacial score (nSPS) is 10.4. The molecule has 2 aromatic rings. The summed E-state index contributed by atoms with van der Waals surface area (Å²) in [5.41, 5.74) is 1.69. The first-order valence-corrected chi connectivity index (χ1v) is 7.16. The van der Waals surface area contributed by atoms with Gasteiger partial charge in [-0.25, -0.2) is 0 Å². The lowest BCUT2D eigenvalue weighted by Gasteiger charge is -2.14. The molecule has 0 bridgehead atoms. The summed E-state index contributed by atoms with van der Waals surface area (Å²) >= 11 is 9.64. The molecule has 0 spiro atoms. The van der Waals surface area contributed by atoms with E-state index < -0.39 is 0 Å². The fourth-order valence-electron chi connectivity index (χ4n) is 1.77. The predicted octanol–water partition coefficient (Wildman–Crippen LogP) is 4.18. The van der Waals surface area contributed by atoms with Crippen LogP contribution in [0.4, 0.5) is 0 Å². The highest BCUT2D eigenvalue weighted by molar-refractivity contribution is 9.10. The second-order valence-electron chi connectivity index (χ2n) is 4.15. The van der Waals surface area contributed by atoms with Crippen molar-refractivity contribution in [2.24, 2.45) is 0 Å². The molecule has 0 aliphatic heterocycles. The van der Waals surface area contributed by atoms with E-state index in [-0.39, 0.29) is 6.61 Å². The maximum Gasteiger partial charge on any atom is 0.180 e. The van der Waals surface area contributed by atoms with Crippen LogP contribution in [-0.2, 0) is 13.2 Å².